The fourth-order valence-electron chi connectivity index (χ4n) is 6.27. The number of rotatable bonds is 14. The summed E-state index contributed by atoms with van der Waals surface area (Å²) in [6.07, 6.45) is 6.24. The van der Waals surface area contributed by atoms with Gasteiger partial charge in [0.15, 0.2) is 0 Å². The Kier molecular flexibility index (Phi) is 10.5. The van der Waals surface area contributed by atoms with Gasteiger partial charge < -0.3 is 14.2 Å². The number of likely N-dealkylation sites (N-methyl/N-ethyl adjacent to an activating group) is 1. The highest BCUT2D eigenvalue weighted by molar-refractivity contribution is 7.92. The number of aliphatic imine (C=N–C) groups is 1. The van der Waals surface area contributed by atoms with Crippen molar-refractivity contribution in [2.24, 2.45) is 4.99 Å². The second-order valence-corrected chi connectivity index (χ2v) is 14.1. The van der Waals surface area contributed by atoms with Gasteiger partial charge in [0.1, 0.15) is 18.0 Å². The molecule has 1 fully saturated rings. The Morgan fingerprint density at radius 3 is 2.53 bits per heavy atom. The number of hydrogen-bond acceptors (Lipinski definition) is 8. The third kappa shape index (κ3) is 7.28. The quantitative estimate of drug-likeness (QED) is 0.224. The van der Waals surface area contributed by atoms with Gasteiger partial charge in [-0.3, -0.25) is 19.5 Å². The number of aryl methyl sites for hydroxylation is 1. The van der Waals surface area contributed by atoms with Crippen molar-refractivity contribution in [3.8, 4) is 11.1 Å². The molecule has 12 heteroatoms. The van der Waals surface area contributed by atoms with Crippen molar-refractivity contribution in [2.45, 2.75) is 96.2 Å². The normalized spacial score (nSPS) is 15.8. The SMILES string of the molecule is CCCCC1=NC2(CCCC2)C(=O)N1Cc1ccc(-c2ccccc2S(=O)(=O)Nc2onc(C)c2C)c(CN(C)C(=O)COCC)c1. The van der Waals surface area contributed by atoms with E-state index in [0.717, 1.165) is 61.9 Å². The molecule has 5 rings (SSSR count). The monoisotopic (exact) mass is 663 g/mol. The molecule has 0 saturated heterocycles. The summed E-state index contributed by atoms with van der Waals surface area (Å²) in [4.78, 5) is 35.2. The summed E-state index contributed by atoms with van der Waals surface area (Å²) in [5, 5.41) is 3.88. The molecule has 0 atom stereocenters. The number of amidine groups is 1. The zero-order chi connectivity index (χ0) is 33.8. The summed E-state index contributed by atoms with van der Waals surface area (Å²) in [5.74, 6) is 0.767. The van der Waals surface area contributed by atoms with Crippen LogP contribution in [0, 0.1) is 13.8 Å². The zero-order valence-corrected chi connectivity index (χ0v) is 28.8. The van der Waals surface area contributed by atoms with E-state index in [1.54, 1.807) is 44.0 Å². The number of sulfonamides is 1. The minimum atomic E-state index is -4.09. The number of ether oxygens (including phenoxy) is 1. The van der Waals surface area contributed by atoms with Gasteiger partial charge in [-0.15, -0.1) is 0 Å². The lowest BCUT2D eigenvalue weighted by Gasteiger charge is -2.24. The maximum Gasteiger partial charge on any atom is 0.264 e. The Labute approximate surface area is 277 Å². The lowest BCUT2D eigenvalue weighted by molar-refractivity contribution is -0.135. The van der Waals surface area contributed by atoms with E-state index >= 15 is 0 Å². The largest absolute Gasteiger partial charge is 0.372 e. The van der Waals surface area contributed by atoms with Crippen LogP contribution in [0.25, 0.3) is 11.1 Å². The van der Waals surface area contributed by atoms with Crippen LogP contribution in [0.3, 0.4) is 0 Å². The number of unbranched alkanes of at least 4 members (excludes halogenated alkanes) is 1. The van der Waals surface area contributed by atoms with Crippen molar-refractivity contribution >= 4 is 33.6 Å². The van der Waals surface area contributed by atoms with Gasteiger partial charge in [-0.2, -0.15) is 0 Å². The summed E-state index contributed by atoms with van der Waals surface area (Å²) < 4.78 is 40.7. The van der Waals surface area contributed by atoms with Crippen LogP contribution in [0.1, 0.15) is 81.2 Å². The van der Waals surface area contributed by atoms with E-state index in [9.17, 15) is 18.0 Å². The van der Waals surface area contributed by atoms with E-state index in [1.807, 2.05) is 30.0 Å². The summed E-state index contributed by atoms with van der Waals surface area (Å²) in [6, 6.07) is 12.5. The van der Waals surface area contributed by atoms with Crippen LogP contribution in [-0.4, -0.2) is 66.8 Å². The van der Waals surface area contributed by atoms with E-state index in [0.29, 0.717) is 35.5 Å². The van der Waals surface area contributed by atoms with Crippen molar-refractivity contribution in [3.63, 3.8) is 0 Å². The first-order chi connectivity index (χ1) is 22.5. The Morgan fingerprint density at radius 1 is 1.11 bits per heavy atom. The number of amides is 2. The van der Waals surface area contributed by atoms with E-state index in [-0.39, 0.29) is 35.7 Å². The van der Waals surface area contributed by atoms with Crippen molar-refractivity contribution in [3.05, 3.63) is 64.8 Å². The lowest BCUT2D eigenvalue weighted by Crippen LogP contribution is -2.40. The van der Waals surface area contributed by atoms with E-state index in [2.05, 4.69) is 16.8 Å². The number of benzene rings is 2. The van der Waals surface area contributed by atoms with Crippen LogP contribution in [0.5, 0.6) is 0 Å². The van der Waals surface area contributed by atoms with E-state index in [1.165, 1.54) is 6.07 Å². The number of nitrogens with zero attached hydrogens (tertiary/aromatic N) is 4. The van der Waals surface area contributed by atoms with Crippen molar-refractivity contribution < 1.29 is 27.3 Å². The topological polar surface area (TPSA) is 134 Å². The molecule has 252 valence electrons. The molecule has 0 radical (unpaired) electrons. The second-order valence-electron chi connectivity index (χ2n) is 12.5. The van der Waals surface area contributed by atoms with Crippen LogP contribution >= 0.6 is 0 Å². The second kappa shape index (κ2) is 14.4. The van der Waals surface area contributed by atoms with Crippen molar-refractivity contribution in [2.75, 3.05) is 25.0 Å². The molecular weight excluding hydrogens is 618 g/mol. The summed E-state index contributed by atoms with van der Waals surface area (Å²) in [7, 11) is -2.40. The third-order valence-electron chi connectivity index (χ3n) is 9.11. The van der Waals surface area contributed by atoms with E-state index in [4.69, 9.17) is 14.3 Å². The van der Waals surface area contributed by atoms with Crippen LogP contribution in [0.4, 0.5) is 5.88 Å². The van der Waals surface area contributed by atoms with Gasteiger partial charge in [0.05, 0.1) is 17.1 Å². The standard InChI is InChI=1S/C35H45N5O6S/c1-6-8-15-31-36-35(18-11-12-19-35)34(42)40(31)21-26-16-17-28(27(20-26)22-39(5)32(41)23-45-7-2)29-13-9-10-14-30(29)47(43,44)38-33-24(3)25(4)37-46-33/h9-10,13-14,16-17,20,38H,6-8,11-12,15,18-19,21-23H2,1-5H3. The molecule has 0 unspecified atom stereocenters. The predicted molar refractivity (Wildman–Crippen MR) is 180 cm³/mol. The van der Waals surface area contributed by atoms with Gasteiger partial charge in [0.25, 0.3) is 15.9 Å². The number of carbonyl (C=O) groups is 2. The van der Waals surface area contributed by atoms with Gasteiger partial charge in [-0.05, 0) is 62.8 Å². The number of anilines is 1. The van der Waals surface area contributed by atoms with Crippen LogP contribution in [0.2, 0.25) is 0 Å². The number of nitrogens with one attached hydrogen (secondary N) is 1. The van der Waals surface area contributed by atoms with E-state index < -0.39 is 15.6 Å². The highest BCUT2D eigenvalue weighted by Gasteiger charge is 2.49. The fraction of sp³-hybridized carbons (Fsp3) is 0.486. The minimum absolute atomic E-state index is 0.0534. The lowest BCUT2D eigenvalue weighted by atomic mass is 9.96. The maximum atomic E-state index is 13.8. The molecule has 1 aromatic heterocycles. The Morgan fingerprint density at radius 2 is 1.85 bits per heavy atom. The van der Waals surface area contributed by atoms with Gasteiger partial charge in [-0.1, -0.05) is 67.7 Å². The molecule has 1 aliphatic heterocycles. The maximum absolute atomic E-state index is 13.8. The molecular formula is C35H45N5O6S. The smallest absolute Gasteiger partial charge is 0.264 e. The van der Waals surface area contributed by atoms with Crippen LogP contribution in [0.15, 0.2) is 56.9 Å². The van der Waals surface area contributed by atoms with Crippen molar-refractivity contribution in [1.82, 2.24) is 15.0 Å². The number of aromatic nitrogens is 1. The molecule has 11 nitrogen and oxygen atoms in total. The Bertz CT molecular complexity index is 1760. The Hall–Kier alpha value is -4.03. The average Bonchev–Trinajstić information content (AvgIpc) is 3.73. The molecule has 2 heterocycles. The Balaban J connectivity index is 1.53. The van der Waals surface area contributed by atoms with Gasteiger partial charge in [0.2, 0.25) is 11.8 Å². The molecule has 47 heavy (non-hydrogen) atoms. The van der Waals surface area contributed by atoms with Crippen molar-refractivity contribution in [1.29, 1.82) is 0 Å². The average molecular weight is 664 g/mol. The molecule has 1 saturated carbocycles. The third-order valence-corrected chi connectivity index (χ3v) is 10.5. The molecule has 3 aromatic rings. The van der Waals surface area contributed by atoms with Crippen LogP contribution < -0.4 is 4.72 Å². The first-order valence-electron chi connectivity index (χ1n) is 16.4. The number of hydrogen-bond donors (Lipinski definition) is 1. The molecule has 2 amide bonds. The summed E-state index contributed by atoms with van der Waals surface area (Å²) in [5.41, 5.74) is 3.27. The molecule has 1 N–H and O–H groups in total. The summed E-state index contributed by atoms with van der Waals surface area (Å²) >= 11 is 0. The molecule has 2 aliphatic rings. The molecule has 0 bridgehead atoms. The minimum Gasteiger partial charge on any atom is -0.372 e. The highest BCUT2D eigenvalue weighted by atomic mass is 32.2. The first kappa shape index (κ1) is 34.3. The summed E-state index contributed by atoms with van der Waals surface area (Å²) in [6.45, 7) is 8.33. The number of carbonyl (C=O) groups excluding carboxylic acids is 2. The molecule has 2 aromatic carbocycles. The fourth-order valence-corrected chi connectivity index (χ4v) is 7.54. The zero-order valence-electron chi connectivity index (χ0n) is 28.0. The van der Waals surface area contributed by atoms with Crippen LogP contribution in [-0.2, 0) is 37.4 Å². The van der Waals surface area contributed by atoms with Gasteiger partial charge in [-0.25, -0.2) is 13.1 Å². The highest BCUT2D eigenvalue weighted by Crippen LogP contribution is 2.40. The first-order valence-corrected chi connectivity index (χ1v) is 17.9. The predicted octanol–water partition coefficient (Wildman–Crippen LogP) is 6.00. The van der Waals surface area contributed by atoms with Gasteiger partial charge in [0, 0.05) is 37.7 Å². The molecule has 1 spiro atoms. The van der Waals surface area contributed by atoms with Gasteiger partial charge >= 0.3 is 0 Å². The molecule has 1 aliphatic carbocycles.